The summed E-state index contributed by atoms with van der Waals surface area (Å²) in [5.41, 5.74) is 2.09. The number of hydrogen-bond donors (Lipinski definition) is 1. The smallest absolute Gasteiger partial charge is 0.419 e. The molecule has 1 heterocycles. The summed E-state index contributed by atoms with van der Waals surface area (Å²) in [6.07, 6.45) is 3.19. The highest BCUT2D eigenvalue weighted by Gasteiger charge is 2.30. The van der Waals surface area contributed by atoms with Gasteiger partial charge in [0.25, 0.3) is 0 Å². The van der Waals surface area contributed by atoms with Gasteiger partial charge in [0.1, 0.15) is 11.2 Å². The van der Waals surface area contributed by atoms with Gasteiger partial charge in [-0.3, -0.25) is 9.59 Å². The Morgan fingerprint density at radius 2 is 1.49 bits per heavy atom. The lowest BCUT2D eigenvalue weighted by molar-refractivity contribution is -0.161. The third-order valence-electron chi connectivity index (χ3n) is 6.88. The number of benzene rings is 2. The standard InChI is InChI=1S/C34H45NO6/c1-8-9-12-27(31(38)40-33(2,3)4)21-26(30(36)37)20-17-23-15-18-24(19-16-23)29-22-25-13-10-11-14-28(25)35(29)32(39)41-34(5,6)7/h10-11,13-16,18-19,22,26-27H,8-9,12,17,20-21H2,1-7H3,(H,36,37)/t26-,27+/m1/s1. The predicted molar refractivity (Wildman–Crippen MR) is 162 cm³/mol. The van der Waals surface area contributed by atoms with Crippen LogP contribution >= 0.6 is 0 Å². The van der Waals surface area contributed by atoms with Crippen molar-refractivity contribution in [2.45, 2.75) is 98.2 Å². The Labute approximate surface area is 243 Å². The molecule has 0 fully saturated rings. The number of carbonyl (C=O) groups is 3. The number of esters is 1. The summed E-state index contributed by atoms with van der Waals surface area (Å²) in [6.45, 7) is 13.1. The fourth-order valence-corrected chi connectivity index (χ4v) is 4.91. The SMILES string of the molecule is CCCC[C@@H](C[C@@H](CCc1ccc(-c2cc3ccccc3n2C(=O)OC(C)(C)C)cc1)C(=O)O)C(=O)OC(C)(C)C. The molecule has 0 spiro atoms. The maximum atomic E-state index is 13.2. The number of ether oxygens (including phenoxy) is 2. The van der Waals surface area contributed by atoms with E-state index in [-0.39, 0.29) is 12.4 Å². The van der Waals surface area contributed by atoms with Crippen LogP contribution in [0.2, 0.25) is 0 Å². The van der Waals surface area contributed by atoms with E-state index < -0.39 is 35.1 Å². The van der Waals surface area contributed by atoms with Crippen molar-refractivity contribution in [1.82, 2.24) is 4.57 Å². The summed E-state index contributed by atoms with van der Waals surface area (Å²) in [5, 5.41) is 10.9. The van der Waals surface area contributed by atoms with E-state index in [9.17, 15) is 19.5 Å². The molecular weight excluding hydrogens is 518 g/mol. The van der Waals surface area contributed by atoms with Crippen LogP contribution in [0.1, 0.15) is 86.1 Å². The molecule has 0 amide bonds. The number of hydrogen-bond acceptors (Lipinski definition) is 5. The number of carbonyl (C=O) groups excluding carboxylic acids is 2. The lowest BCUT2D eigenvalue weighted by Gasteiger charge is -2.25. The first-order valence-electron chi connectivity index (χ1n) is 14.6. The lowest BCUT2D eigenvalue weighted by atomic mass is 9.87. The molecule has 0 aliphatic rings. The Morgan fingerprint density at radius 1 is 0.854 bits per heavy atom. The molecule has 1 N–H and O–H groups in total. The Kier molecular flexibility index (Phi) is 10.4. The van der Waals surface area contributed by atoms with Gasteiger partial charge in [-0.1, -0.05) is 62.2 Å². The first-order valence-corrected chi connectivity index (χ1v) is 14.6. The largest absolute Gasteiger partial charge is 0.481 e. The zero-order valence-corrected chi connectivity index (χ0v) is 25.5. The molecular formula is C34H45NO6. The van der Waals surface area contributed by atoms with Crippen LogP contribution in [0, 0.1) is 11.8 Å². The summed E-state index contributed by atoms with van der Waals surface area (Å²) in [4.78, 5) is 38.2. The maximum absolute atomic E-state index is 13.2. The van der Waals surface area contributed by atoms with Gasteiger partial charge in [-0.15, -0.1) is 0 Å². The maximum Gasteiger partial charge on any atom is 0.419 e. The average molecular weight is 564 g/mol. The van der Waals surface area contributed by atoms with E-state index in [1.165, 1.54) is 0 Å². The summed E-state index contributed by atoms with van der Waals surface area (Å²) in [5.74, 6) is -2.30. The van der Waals surface area contributed by atoms with E-state index in [4.69, 9.17) is 9.47 Å². The van der Waals surface area contributed by atoms with E-state index >= 15 is 0 Å². The van der Waals surface area contributed by atoms with Gasteiger partial charge in [-0.25, -0.2) is 9.36 Å². The average Bonchev–Trinajstić information content (AvgIpc) is 3.26. The third-order valence-corrected chi connectivity index (χ3v) is 6.88. The second-order valence-electron chi connectivity index (χ2n) is 12.8. The van der Waals surface area contributed by atoms with Gasteiger partial charge in [-0.2, -0.15) is 0 Å². The van der Waals surface area contributed by atoms with E-state index in [0.717, 1.165) is 40.6 Å². The normalized spacial score (nSPS) is 13.5. The number of fused-ring (bicyclic) bond motifs is 1. The second kappa shape index (κ2) is 13.4. The fraction of sp³-hybridized carbons (Fsp3) is 0.500. The molecule has 0 aliphatic carbocycles. The highest BCUT2D eigenvalue weighted by molar-refractivity contribution is 5.96. The minimum Gasteiger partial charge on any atom is -0.481 e. The number of unbranched alkanes of at least 4 members (excludes halogenated alkanes) is 1. The summed E-state index contributed by atoms with van der Waals surface area (Å²) < 4.78 is 12.9. The highest BCUT2D eigenvalue weighted by atomic mass is 16.6. The van der Waals surface area contributed by atoms with Crippen molar-refractivity contribution in [2.24, 2.45) is 11.8 Å². The summed E-state index contributed by atoms with van der Waals surface area (Å²) >= 11 is 0. The van der Waals surface area contributed by atoms with Gasteiger partial charge in [0, 0.05) is 5.39 Å². The van der Waals surface area contributed by atoms with Crippen molar-refractivity contribution in [3.05, 3.63) is 60.2 Å². The van der Waals surface area contributed by atoms with Gasteiger partial charge < -0.3 is 14.6 Å². The van der Waals surface area contributed by atoms with Gasteiger partial charge in [-0.05, 0) is 90.5 Å². The van der Waals surface area contributed by atoms with Crippen LogP contribution in [0.4, 0.5) is 4.79 Å². The van der Waals surface area contributed by atoms with Crippen molar-refractivity contribution in [1.29, 1.82) is 0 Å². The molecule has 0 aliphatic heterocycles. The first-order chi connectivity index (χ1) is 19.2. The first kappa shape index (κ1) is 31.9. The summed E-state index contributed by atoms with van der Waals surface area (Å²) in [6, 6.07) is 17.5. The molecule has 0 bridgehead atoms. The van der Waals surface area contributed by atoms with Crippen LogP contribution < -0.4 is 0 Å². The third kappa shape index (κ3) is 9.20. The molecule has 0 saturated carbocycles. The van der Waals surface area contributed by atoms with Crippen LogP contribution in [-0.2, 0) is 25.5 Å². The molecule has 7 heteroatoms. The number of aliphatic carboxylic acids is 1. The lowest BCUT2D eigenvalue weighted by Crippen LogP contribution is -2.31. The van der Waals surface area contributed by atoms with Crippen molar-refractivity contribution in [2.75, 3.05) is 0 Å². The van der Waals surface area contributed by atoms with Crippen LogP contribution in [0.3, 0.4) is 0 Å². The van der Waals surface area contributed by atoms with Crippen LogP contribution in [0.25, 0.3) is 22.2 Å². The number of para-hydroxylation sites is 1. The Balaban J connectivity index is 1.78. The van der Waals surface area contributed by atoms with Crippen LogP contribution in [0.5, 0.6) is 0 Å². The number of nitrogens with zero attached hydrogens (tertiary/aromatic N) is 1. The van der Waals surface area contributed by atoms with Crippen molar-refractivity contribution >= 4 is 28.9 Å². The number of carboxylic acids is 1. The Bertz CT molecular complexity index is 1340. The molecule has 222 valence electrons. The predicted octanol–water partition coefficient (Wildman–Crippen LogP) is 8.26. The van der Waals surface area contributed by atoms with Crippen LogP contribution in [0.15, 0.2) is 54.6 Å². The molecule has 41 heavy (non-hydrogen) atoms. The van der Waals surface area contributed by atoms with Gasteiger partial charge >= 0.3 is 18.0 Å². The van der Waals surface area contributed by atoms with Gasteiger partial charge in [0.15, 0.2) is 0 Å². The molecule has 1 aromatic heterocycles. The zero-order chi connectivity index (χ0) is 30.4. The number of rotatable bonds is 11. The van der Waals surface area contributed by atoms with Crippen molar-refractivity contribution in [3.8, 4) is 11.3 Å². The molecule has 3 rings (SSSR count). The molecule has 3 aromatic rings. The minimum absolute atomic E-state index is 0.262. The highest BCUT2D eigenvalue weighted by Crippen LogP contribution is 2.31. The van der Waals surface area contributed by atoms with E-state index in [1.54, 1.807) is 4.57 Å². The zero-order valence-electron chi connectivity index (χ0n) is 25.5. The van der Waals surface area contributed by atoms with Gasteiger partial charge in [0.05, 0.1) is 23.0 Å². The van der Waals surface area contributed by atoms with Crippen LogP contribution in [-0.4, -0.2) is 38.9 Å². The van der Waals surface area contributed by atoms with E-state index in [1.807, 2.05) is 96.1 Å². The molecule has 0 unspecified atom stereocenters. The second-order valence-corrected chi connectivity index (χ2v) is 12.8. The Hall–Kier alpha value is -3.61. The number of aromatic nitrogens is 1. The Morgan fingerprint density at radius 3 is 2.07 bits per heavy atom. The molecule has 2 atom stereocenters. The monoisotopic (exact) mass is 563 g/mol. The van der Waals surface area contributed by atoms with E-state index in [2.05, 4.69) is 6.92 Å². The van der Waals surface area contributed by atoms with Crippen molar-refractivity contribution in [3.63, 3.8) is 0 Å². The van der Waals surface area contributed by atoms with E-state index in [0.29, 0.717) is 19.3 Å². The molecule has 2 aromatic carbocycles. The summed E-state index contributed by atoms with van der Waals surface area (Å²) in [7, 11) is 0. The van der Waals surface area contributed by atoms with Gasteiger partial charge in [0.2, 0.25) is 0 Å². The molecule has 0 saturated heterocycles. The fourth-order valence-electron chi connectivity index (χ4n) is 4.91. The van der Waals surface area contributed by atoms with Crippen molar-refractivity contribution < 1.29 is 29.0 Å². The topological polar surface area (TPSA) is 94.8 Å². The number of carboxylic acid groups (broad SMARTS) is 1. The number of aryl methyl sites for hydroxylation is 1. The quantitative estimate of drug-likeness (QED) is 0.236. The molecule has 7 nitrogen and oxygen atoms in total. The molecule has 0 radical (unpaired) electrons. The minimum atomic E-state index is -0.895.